The average Bonchev–Trinajstić information content (AvgIpc) is 3.99. The molecule has 4 amide bonds. The summed E-state index contributed by atoms with van der Waals surface area (Å²) < 4.78 is 9.71. The number of aromatic amines is 2. The Bertz CT molecular complexity index is 2480. The summed E-state index contributed by atoms with van der Waals surface area (Å²) in [6, 6.07) is 19.2. The second kappa shape index (κ2) is 17.2. The van der Waals surface area contributed by atoms with Crippen molar-refractivity contribution in [3.63, 3.8) is 0 Å². The van der Waals surface area contributed by atoms with Crippen molar-refractivity contribution in [2.45, 2.75) is 109 Å². The topological polar surface area (TPSA) is 175 Å². The van der Waals surface area contributed by atoms with Crippen LogP contribution in [0.2, 0.25) is 25.2 Å². The smallest absolute Gasteiger partial charge is 0.407 e. The number of aromatic nitrogens is 4. The molecule has 4 heterocycles. The van der Waals surface area contributed by atoms with Crippen LogP contribution in [0, 0.1) is 17.8 Å². The number of carbonyl (C=O) groups excluding carboxylic acids is 4. The molecule has 3 fully saturated rings. The maximum atomic E-state index is 14.1. The zero-order valence-corrected chi connectivity index (χ0v) is 38.1. The van der Waals surface area contributed by atoms with Crippen molar-refractivity contribution in [3.05, 3.63) is 72.4 Å². The Kier molecular flexibility index (Phi) is 11.9. The van der Waals surface area contributed by atoms with Crippen molar-refractivity contribution in [1.29, 1.82) is 0 Å². The van der Waals surface area contributed by atoms with E-state index in [1.54, 1.807) is 0 Å². The van der Waals surface area contributed by atoms with E-state index in [0.717, 1.165) is 93.6 Å². The molecule has 5 aromatic rings. The molecular weight excluding hydrogens is 801 g/mol. The number of benzene rings is 3. The lowest BCUT2D eigenvalue weighted by atomic mass is 9.87. The number of methoxy groups -OCH3 is 2. The van der Waals surface area contributed by atoms with Crippen LogP contribution in [0.4, 0.5) is 9.59 Å². The van der Waals surface area contributed by atoms with Crippen molar-refractivity contribution in [2.75, 3.05) is 20.8 Å². The van der Waals surface area contributed by atoms with Crippen molar-refractivity contribution in [1.82, 2.24) is 40.4 Å². The second-order valence-corrected chi connectivity index (χ2v) is 24.2. The summed E-state index contributed by atoms with van der Waals surface area (Å²) in [7, 11) is 0.993. The number of nitrogens with zero attached hydrogens (tertiary/aromatic N) is 4. The number of ether oxygens (including phenoxy) is 2. The summed E-state index contributed by atoms with van der Waals surface area (Å²) in [4.78, 5) is 73.8. The lowest BCUT2D eigenvalue weighted by molar-refractivity contribution is -0.138. The van der Waals surface area contributed by atoms with E-state index in [9.17, 15) is 19.2 Å². The number of hydrogen-bond donors (Lipinski definition) is 4. The van der Waals surface area contributed by atoms with Crippen molar-refractivity contribution >= 4 is 53.9 Å². The van der Waals surface area contributed by atoms with Gasteiger partial charge in [0.15, 0.2) is 0 Å². The number of amides is 4. The highest BCUT2D eigenvalue weighted by atomic mass is 28.3. The van der Waals surface area contributed by atoms with Gasteiger partial charge in [-0.1, -0.05) is 89.7 Å². The lowest BCUT2D eigenvalue weighted by Gasteiger charge is -2.43. The van der Waals surface area contributed by atoms with Gasteiger partial charge in [0.25, 0.3) is 0 Å². The van der Waals surface area contributed by atoms with Gasteiger partial charge in [-0.2, -0.15) is 0 Å². The van der Waals surface area contributed by atoms with E-state index < -0.39 is 32.3 Å². The molecule has 3 aromatic carbocycles. The molecule has 4 N–H and O–H groups in total. The molecule has 2 aromatic heterocycles. The van der Waals surface area contributed by atoms with Crippen molar-refractivity contribution < 1.29 is 28.7 Å². The van der Waals surface area contributed by atoms with Crippen LogP contribution in [0.25, 0.3) is 44.2 Å². The highest BCUT2D eigenvalue weighted by Gasteiger charge is 2.49. The van der Waals surface area contributed by atoms with E-state index in [2.05, 4.69) is 88.3 Å². The molecule has 328 valence electrons. The fourth-order valence-electron chi connectivity index (χ4n) is 10.1. The number of alkyl carbamates (subject to hydrolysis) is 2. The van der Waals surface area contributed by atoms with Gasteiger partial charge in [0.1, 0.15) is 23.7 Å². The van der Waals surface area contributed by atoms with Crippen LogP contribution in [0.1, 0.15) is 77.1 Å². The third kappa shape index (κ3) is 8.30. The van der Waals surface area contributed by atoms with E-state index >= 15 is 0 Å². The number of nitrogens with one attached hydrogen (secondary N) is 4. The fourth-order valence-corrected chi connectivity index (χ4v) is 12.6. The summed E-state index contributed by atoms with van der Waals surface area (Å²) in [6.07, 6.45) is 4.59. The first-order chi connectivity index (χ1) is 29.7. The molecular formula is C47H60N8O6Si. The molecule has 0 radical (unpaired) electrons. The number of hydrogen-bond acceptors (Lipinski definition) is 8. The molecule has 62 heavy (non-hydrogen) atoms. The molecule has 3 aliphatic rings. The van der Waals surface area contributed by atoms with Crippen LogP contribution in [0.15, 0.2) is 60.8 Å². The Morgan fingerprint density at radius 1 is 0.806 bits per heavy atom. The third-order valence-electron chi connectivity index (χ3n) is 13.5. The number of imidazole rings is 2. The van der Waals surface area contributed by atoms with Crippen LogP contribution in [0.3, 0.4) is 0 Å². The molecule has 2 saturated heterocycles. The van der Waals surface area contributed by atoms with Gasteiger partial charge in [-0.05, 0) is 83.3 Å². The van der Waals surface area contributed by atoms with Crippen molar-refractivity contribution in [2.24, 2.45) is 17.8 Å². The minimum absolute atomic E-state index is 0.0875. The molecule has 1 aliphatic carbocycles. The van der Waals surface area contributed by atoms with Gasteiger partial charge < -0.3 is 39.9 Å². The number of H-pyrrole nitrogens is 2. The molecule has 6 atom stereocenters. The maximum absolute atomic E-state index is 14.1. The second-order valence-electron chi connectivity index (χ2n) is 18.9. The fraction of sp³-hybridized carbons (Fsp3) is 0.489. The summed E-state index contributed by atoms with van der Waals surface area (Å²) in [5.41, 5.74) is 5.80. The van der Waals surface area contributed by atoms with Gasteiger partial charge in [-0.15, -0.1) is 0 Å². The van der Waals surface area contributed by atoms with E-state index in [-0.39, 0.29) is 41.8 Å². The lowest BCUT2D eigenvalue weighted by Crippen LogP contribution is -2.55. The predicted octanol–water partition coefficient (Wildman–Crippen LogP) is 8.57. The molecule has 2 aliphatic heterocycles. The van der Waals surface area contributed by atoms with Crippen LogP contribution in [-0.2, 0) is 19.1 Å². The standard InChI is InChI=1S/C47H60N8O6Si/c1-26(2)38(52-46(58)60-5)44(56)54-20-21-62(7,8)25-37(54)42-49-35-19-17-31-22-30(16-18-34(31)40(35)51-42)28-12-14-29(15-13-28)36-24-48-43(50-36)41-32-10-9-11-33(23-32)55(41)45(57)39(27(3)4)53-47(59)61-6/h12-19,22,24,26-27,32-33,37-39,41H,9-11,20-21,23,25H2,1-8H3,(H,48,50)(H,49,51)(H,52,58)(H,53,59)/t32?,33?,37-,38?,39?,41?/m0/s1. The van der Waals surface area contributed by atoms with Gasteiger partial charge >= 0.3 is 12.2 Å². The highest BCUT2D eigenvalue weighted by Crippen LogP contribution is 2.48. The Morgan fingerprint density at radius 3 is 2.15 bits per heavy atom. The maximum Gasteiger partial charge on any atom is 0.407 e. The zero-order chi connectivity index (χ0) is 44.0. The van der Waals surface area contributed by atoms with E-state index in [0.29, 0.717) is 12.5 Å². The summed E-state index contributed by atoms with van der Waals surface area (Å²) in [5, 5.41) is 7.64. The Morgan fingerprint density at radius 2 is 1.47 bits per heavy atom. The summed E-state index contributed by atoms with van der Waals surface area (Å²) in [6.45, 7) is 13.1. The summed E-state index contributed by atoms with van der Waals surface area (Å²) >= 11 is 0. The molecule has 15 heteroatoms. The van der Waals surface area contributed by atoms with Crippen molar-refractivity contribution in [3.8, 4) is 22.4 Å². The van der Waals surface area contributed by atoms with E-state index in [4.69, 9.17) is 19.4 Å². The van der Waals surface area contributed by atoms with Gasteiger partial charge in [0, 0.05) is 18.0 Å². The largest absolute Gasteiger partial charge is 0.453 e. The van der Waals surface area contributed by atoms with Crippen LogP contribution >= 0.6 is 0 Å². The predicted molar refractivity (Wildman–Crippen MR) is 242 cm³/mol. The quantitative estimate of drug-likeness (QED) is 0.101. The minimum Gasteiger partial charge on any atom is -0.453 e. The van der Waals surface area contributed by atoms with Gasteiger partial charge in [-0.25, -0.2) is 19.6 Å². The monoisotopic (exact) mass is 860 g/mol. The molecule has 5 unspecified atom stereocenters. The van der Waals surface area contributed by atoms with Gasteiger partial charge in [0.05, 0.1) is 57.3 Å². The van der Waals surface area contributed by atoms with Gasteiger partial charge in [0.2, 0.25) is 11.8 Å². The Hall–Kier alpha value is -5.70. The first kappa shape index (κ1) is 43.0. The first-order valence-corrected chi connectivity index (χ1v) is 25.5. The number of rotatable bonds is 10. The molecule has 8 rings (SSSR count). The number of likely N-dealkylation sites (tertiary alicyclic amines) is 1. The Balaban J connectivity index is 1.03. The minimum atomic E-state index is -1.63. The Labute approximate surface area is 363 Å². The third-order valence-corrected chi connectivity index (χ3v) is 16.6. The molecule has 0 spiro atoms. The first-order valence-electron chi connectivity index (χ1n) is 22.1. The van der Waals surface area contributed by atoms with E-state index in [1.807, 2.05) is 43.7 Å². The zero-order valence-electron chi connectivity index (χ0n) is 37.1. The molecule has 1 saturated carbocycles. The average molecular weight is 861 g/mol. The van der Waals surface area contributed by atoms with Crippen LogP contribution in [0.5, 0.6) is 0 Å². The number of fused-ring (bicyclic) bond motifs is 5. The van der Waals surface area contributed by atoms with Crippen LogP contribution in [-0.4, -0.2) is 101 Å². The highest BCUT2D eigenvalue weighted by molar-refractivity contribution is 6.77. The van der Waals surface area contributed by atoms with Gasteiger partial charge in [-0.3, -0.25) is 9.59 Å². The number of carbonyl (C=O) groups is 4. The van der Waals surface area contributed by atoms with E-state index in [1.165, 1.54) is 14.2 Å². The SMILES string of the molecule is COC(=O)NC(C(=O)N1C2CCCC(C2)C1c1ncc(-c2ccc(-c3ccc4c(ccc5[nH]c([C@@H]6C[Si](C)(C)CCN6C(=O)C(NC(=O)OC)C(C)C)nc54)c3)cc2)[nH]1)C(C)C. The normalized spacial score (nSPS) is 21.9. The van der Waals surface area contributed by atoms with Crippen LogP contribution < -0.4 is 10.6 Å². The molecule has 2 bridgehead atoms. The molecule has 14 nitrogen and oxygen atoms in total. The summed E-state index contributed by atoms with van der Waals surface area (Å²) in [5.74, 6) is 1.42.